The second kappa shape index (κ2) is 8.03. The van der Waals surface area contributed by atoms with Crippen LogP contribution in [0.2, 0.25) is 0 Å². The molecule has 0 heterocycles. The zero-order chi connectivity index (χ0) is 14.5. The zero-order valence-electron chi connectivity index (χ0n) is 12.4. The Bertz CT molecular complexity index is 555. The highest BCUT2D eigenvalue weighted by atomic mass is 35.5. The van der Waals surface area contributed by atoms with Gasteiger partial charge in [-0.05, 0) is 37.1 Å². The number of rotatable bonds is 5. The van der Waals surface area contributed by atoms with Crippen LogP contribution >= 0.6 is 0 Å². The van der Waals surface area contributed by atoms with Gasteiger partial charge >= 0.3 is 0 Å². The molecule has 0 aliphatic heterocycles. The summed E-state index contributed by atoms with van der Waals surface area (Å²) in [5.41, 5.74) is 7.09. The van der Waals surface area contributed by atoms with Crippen molar-refractivity contribution < 1.29 is 28.0 Å². The minimum absolute atomic E-state index is 0. The molecule has 2 atom stereocenters. The van der Waals surface area contributed by atoms with Crippen LogP contribution in [0.4, 0.5) is 0 Å². The van der Waals surface area contributed by atoms with Crippen LogP contribution in [-0.4, -0.2) is 11.1 Å². The van der Waals surface area contributed by atoms with Crippen LogP contribution < -0.4 is 22.9 Å². The van der Waals surface area contributed by atoms with Gasteiger partial charge in [-0.25, -0.2) is 0 Å². The summed E-state index contributed by atoms with van der Waals surface area (Å²) in [6.45, 7) is 4.52. The van der Waals surface area contributed by atoms with E-state index in [4.69, 9.17) is 4.74 Å². The molecule has 0 amide bonds. The van der Waals surface area contributed by atoms with Crippen molar-refractivity contribution in [2.24, 2.45) is 0 Å². The molecule has 114 valence electrons. The largest absolute Gasteiger partial charge is 1.00 e. The first-order valence-electron chi connectivity index (χ1n) is 6.85. The van der Waals surface area contributed by atoms with E-state index in [1.807, 2.05) is 37.3 Å². The molecule has 0 bridgehead atoms. The first-order chi connectivity index (χ1) is 9.56. The molecule has 0 fully saturated rings. The number of halogens is 1. The Morgan fingerprint density at radius 2 is 1.81 bits per heavy atom. The minimum Gasteiger partial charge on any atom is -1.00 e. The van der Waals surface area contributed by atoms with Gasteiger partial charge in [-0.3, -0.25) is 0 Å². The molecular formula is C17H22ClNO2. The summed E-state index contributed by atoms with van der Waals surface area (Å²) in [6.07, 6.45) is -0.527. The molecule has 0 saturated heterocycles. The molecule has 0 saturated carbocycles. The highest BCUT2D eigenvalue weighted by Crippen LogP contribution is 2.20. The minimum atomic E-state index is -0.527. The number of hydrogen-bond acceptors (Lipinski definition) is 2. The second-order valence-corrected chi connectivity index (χ2v) is 5.27. The third kappa shape index (κ3) is 5.05. The van der Waals surface area contributed by atoms with E-state index in [1.54, 1.807) is 0 Å². The third-order valence-corrected chi connectivity index (χ3v) is 3.25. The van der Waals surface area contributed by atoms with Gasteiger partial charge in [0.25, 0.3) is 0 Å². The lowest BCUT2D eigenvalue weighted by atomic mass is 10.0. The van der Waals surface area contributed by atoms with Gasteiger partial charge in [0.15, 0.2) is 0 Å². The molecule has 21 heavy (non-hydrogen) atoms. The van der Waals surface area contributed by atoms with Gasteiger partial charge in [-0.2, -0.15) is 0 Å². The molecule has 0 aromatic heterocycles. The Balaban J connectivity index is 0.00000220. The van der Waals surface area contributed by atoms with Crippen LogP contribution in [0.25, 0.3) is 0 Å². The van der Waals surface area contributed by atoms with Crippen LogP contribution in [-0.2, 0) is 6.61 Å². The van der Waals surface area contributed by atoms with E-state index in [0.717, 1.165) is 16.9 Å². The topological polar surface area (TPSA) is 57.1 Å². The number of aryl methyl sites for hydroxylation is 1. The number of benzene rings is 2. The van der Waals surface area contributed by atoms with E-state index < -0.39 is 6.10 Å². The Morgan fingerprint density at radius 1 is 1.14 bits per heavy atom. The first kappa shape index (κ1) is 17.5. The Hall–Kier alpha value is -1.55. The van der Waals surface area contributed by atoms with Crippen LogP contribution in [0.5, 0.6) is 5.75 Å². The summed E-state index contributed by atoms with van der Waals surface area (Å²) >= 11 is 0. The Labute approximate surface area is 132 Å². The van der Waals surface area contributed by atoms with Gasteiger partial charge < -0.3 is 28.0 Å². The highest BCUT2D eigenvalue weighted by Gasteiger charge is 2.14. The average Bonchev–Trinajstić information content (AvgIpc) is 2.45. The van der Waals surface area contributed by atoms with Gasteiger partial charge in [0.05, 0.1) is 0 Å². The van der Waals surface area contributed by atoms with Crippen LogP contribution in [0, 0.1) is 6.92 Å². The van der Waals surface area contributed by atoms with Crippen molar-refractivity contribution in [3.05, 3.63) is 65.2 Å². The monoisotopic (exact) mass is 307 g/mol. The van der Waals surface area contributed by atoms with Gasteiger partial charge in [-0.15, -0.1) is 0 Å². The van der Waals surface area contributed by atoms with Crippen molar-refractivity contribution in [2.45, 2.75) is 32.6 Å². The van der Waals surface area contributed by atoms with Crippen LogP contribution in [0.1, 0.15) is 29.7 Å². The van der Waals surface area contributed by atoms with Crippen molar-refractivity contribution >= 4 is 0 Å². The van der Waals surface area contributed by atoms with E-state index in [9.17, 15) is 5.11 Å². The molecule has 2 unspecified atom stereocenters. The maximum absolute atomic E-state index is 9.92. The first-order valence-corrected chi connectivity index (χ1v) is 6.85. The van der Waals surface area contributed by atoms with E-state index in [1.165, 1.54) is 5.56 Å². The summed E-state index contributed by atoms with van der Waals surface area (Å²) in [6, 6.07) is 15.8. The molecule has 4 heteroatoms. The molecule has 2 aromatic rings. The molecule has 0 spiro atoms. The van der Waals surface area contributed by atoms with Crippen molar-refractivity contribution in [3.63, 3.8) is 0 Å². The summed E-state index contributed by atoms with van der Waals surface area (Å²) in [7, 11) is 0. The standard InChI is InChI=1S/C17H21NO2.ClH/c1-12-4-3-5-14(10-12)11-20-16-8-6-15(7-9-16)17(19)13(2)18;/h3-10,13,17,19H,11,18H2,1-2H3;1H. The number of quaternary nitrogens is 1. The fraction of sp³-hybridized carbons (Fsp3) is 0.294. The predicted molar refractivity (Wildman–Crippen MR) is 79.3 cm³/mol. The maximum Gasteiger partial charge on any atom is 0.130 e. The summed E-state index contributed by atoms with van der Waals surface area (Å²) in [5, 5.41) is 9.92. The average molecular weight is 308 g/mol. The maximum atomic E-state index is 9.92. The van der Waals surface area contributed by atoms with E-state index >= 15 is 0 Å². The molecule has 2 aromatic carbocycles. The predicted octanol–water partition coefficient (Wildman–Crippen LogP) is -0.758. The number of aliphatic hydroxyl groups is 1. The fourth-order valence-corrected chi connectivity index (χ4v) is 2.06. The van der Waals surface area contributed by atoms with E-state index in [-0.39, 0.29) is 18.4 Å². The van der Waals surface area contributed by atoms with Gasteiger partial charge in [0.2, 0.25) is 0 Å². The molecule has 0 radical (unpaired) electrons. The molecule has 0 aliphatic carbocycles. The lowest BCUT2D eigenvalue weighted by molar-refractivity contribution is -0.433. The van der Waals surface area contributed by atoms with Crippen molar-refractivity contribution in [3.8, 4) is 5.75 Å². The molecule has 0 aliphatic rings. The summed E-state index contributed by atoms with van der Waals surface area (Å²) < 4.78 is 5.75. The van der Waals surface area contributed by atoms with Gasteiger partial charge in [0.1, 0.15) is 24.5 Å². The second-order valence-electron chi connectivity index (χ2n) is 5.27. The van der Waals surface area contributed by atoms with Crippen molar-refractivity contribution in [1.29, 1.82) is 0 Å². The molecule has 2 rings (SSSR count). The van der Waals surface area contributed by atoms with Gasteiger partial charge in [-0.1, -0.05) is 42.0 Å². The molecule has 3 nitrogen and oxygen atoms in total. The van der Waals surface area contributed by atoms with Crippen molar-refractivity contribution in [1.82, 2.24) is 0 Å². The smallest absolute Gasteiger partial charge is 0.130 e. The van der Waals surface area contributed by atoms with Crippen molar-refractivity contribution in [2.75, 3.05) is 0 Å². The number of hydrogen-bond donors (Lipinski definition) is 2. The van der Waals surface area contributed by atoms with E-state index in [2.05, 4.69) is 30.9 Å². The lowest BCUT2D eigenvalue weighted by Gasteiger charge is -2.13. The van der Waals surface area contributed by atoms with Crippen LogP contribution in [0.3, 0.4) is 0 Å². The van der Waals surface area contributed by atoms with Gasteiger partial charge in [0, 0.05) is 0 Å². The Kier molecular flexibility index (Phi) is 6.69. The zero-order valence-corrected chi connectivity index (χ0v) is 13.2. The summed E-state index contributed by atoms with van der Waals surface area (Å²) in [4.78, 5) is 0. The lowest BCUT2D eigenvalue weighted by Crippen LogP contribution is -3.00. The Morgan fingerprint density at radius 3 is 2.38 bits per heavy atom. The fourth-order valence-electron chi connectivity index (χ4n) is 2.06. The SMILES string of the molecule is Cc1cccc(COc2ccc(C(O)C(C)[NH3+])cc2)c1.[Cl-]. The molecule has 4 N–H and O–H groups in total. The van der Waals surface area contributed by atoms with Crippen LogP contribution in [0.15, 0.2) is 48.5 Å². The molecular weight excluding hydrogens is 286 g/mol. The number of ether oxygens (including phenoxy) is 1. The quantitative estimate of drug-likeness (QED) is 0.763. The number of aliphatic hydroxyl groups excluding tert-OH is 1. The summed E-state index contributed by atoms with van der Waals surface area (Å²) in [5.74, 6) is 0.805. The normalized spacial score (nSPS) is 13.1. The van der Waals surface area contributed by atoms with E-state index in [0.29, 0.717) is 6.61 Å². The highest BCUT2D eigenvalue weighted by molar-refractivity contribution is 5.29. The third-order valence-electron chi connectivity index (χ3n) is 3.25.